The van der Waals surface area contributed by atoms with Crippen LogP contribution in [0.1, 0.15) is 5.56 Å². The van der Waals surface area contributed by atoms with Crippen LogP contribution in [0.15, 0.2) is 22.6 Å². The van der Waals surface area contributed by atoms with Crippen molar-refractivity contribution in [2.45, 2.75) is 4.90 Å². The molecule has 0 atom stereocenters. The van der Waals surface area contributed by atoms with Crippen molar-refractivity contribution in [2.24, 2.45) is 0 Å². The molecule has 0 unspecified atom stereocenters. The van der Waals surface area contributed by atoms with Gasteiger partial charge in [0, 0.05) is 17.2 Å². The van der Waals surface area contributed by atoms with Gasteiger partial charge in [0.25, 0.3) is 0 Å². The van der Waals surface area contributed by atoms with Gasteiger partial charge in [-0.15, -0.1) is 0 Å². The molecule has 0 bridgehead atoms. The molecule has 1 aliphatic rings. The summed E-state index contributed by atoms with van der Waals surface area (Å²) in [5, 5.41) is 1.36. The third-order valence-corrected chi connectivity index (χ3v) is 3.39. The number of aromatic nitrogens is 1. The zero-order chi connectivity index (χ0) is 8.77. The van der Waals surface area contributed by atoms with Gasteiger partial charge in [0.15, 0.2) is 0 Å². The van der Waals surface area contributed by atoms with E-state index in [2.05, 4.69) is 4.98 Å². The zero-order valence-electron chi connectivity index (χ0n) is 5.86. The molecular formula is C7H4ClNO2S. The van der Waals surface area contributed by atoms with Crippen LogP contribution in [0.25, 0.3) is 6.08 Å². The van der Waals surface area contributed by atoms with Crippen LogP contribution in [-0.4, -0.2) is 13.4 Å². The number of halogens is 1. The molecule has 0 spiro atoms. The third-order valence-electron chi connectivity index (χ3n) is 1.62. The molecule has 1 aromatic rings. The smallest absolute Gasteiger partial charge is 0.200 e. The van der Waals surface area contributed by atoms with Gasteiger partial charge >= 0.3 is 0 Å². The number of hydrogen-bond donors (Lipinski definition) is 0. The lowest BCUT2D eigenvalue weighted by Gasteiger charge is -1.97. The Morgan fingerprint density at radius 3 is 2.83 bits per heavy atom. The average Bonchev–Trinajstić information content (AvgIpc) is 2.30. The van der Waals surface area contributed by atoms with Gasteiger partial charge in [-0.25, -0.2) is 13.4 Å². The summed E-state index contributed by atoms with van der Waals surface area (Å²) in [6.07, 6.45) is 2.84. The minimum absolute atomic E-state index is 0.227. The molecule has 0 N–H and O–H groups in total. The van der Waals surface area contributed by atoms with Gasteiger partial charge in [-0.3, -0.25) is 0 Å². The van der Waals surface area contributed by atoms with Gasteiger partial charge in [0.05, 0.1) is 4.90 Å². The average molecular weight is 202 g/mol. The van der Waals surface area contributed by atoms with Crippen LogP contribution in [0.2, 0.25) is 5.15 Å². The number of rotatable bonds is 0. The molecule has 3 nitrogen and oxygen atoms in total. The molecule has 0 radical (unpaired) electrons. The van der Waals surface area contributed by atoms with Gasteiger partial charge in [-0.05, 0) is 12.1 Å². The van der Waals surface area contributed by atoms with Crippen molar-refractivity contribution >= 4 is 27.5 Å². The molecule has 62 valence electrons. The fourth-order valence-electron chi connectivity index (χ4n) is 1.06. The SMILES string of the molecule is O=S1(=O)C=Cc2c1ccnc2Cl. The Bertz CT molecular complexity index is 464. The van der Waals surface area contributed by atoms with Crippen LogP contribution in [0.4, 0.5) is 0 Å². The Morgan fingerprint density at radius 2 is 2.17 bits per heavy atom. The standard InChI is InChI=1S/C7H4ClNO2S/c8-7-5-2-4-12(10,11)6(5)1-3-9-7/h1-4H. The summed E-state index contributed by atoms with van der Waals surface area (Å²) in [5.74, 6) is 0. The molecular weight excluding hydrogens is 198 g/mol. The number of fused-ring (bicyclic) bond motifs is 1. The maximum Gasteiger partial charge on any atom is 0.200 e. The Hall–Kier alpha value is -0.870. The van der Waals surface area contributed by atoms with Crippen LogP contribution in [-0.2, 0) is 9.84 Å². The first-order valence-corrected chi connectivity index (χ1v) is 5.11. The van der Waals surface area contributed by atoms with E-state index in [1.165, 1.54) is 18.3 Å². The van der Waals surface area contributed by atoms with Gasteiger partial charge in [-0.1, -0.05) is 11.6 Å². The van der Waals surface area contributed by atoms with Gasteiger partial charge in [0.1, 0.15) is 5.15 Å². The first-order valence-electron chi connectivity index (χ1n) is 3.19. The van der Waals surface area contributed by atoms with Crippen LogP contribution in [0.5, 0.6) is 0 Å². The van der Waals surface area contributed by atoms with Crippen LogP contribution >= 0.6 is 11.6 Å². The van der Waals surface area contributed by atoms with Crippen molar-refractivity contribution in [2.75, 3.05) is 0 Å². The summed E-state index contributed by atoms with van der Waals surface area (Å²) in [4.78, 5) is 4.00. The van der Waals surface area contributed by atoms with E-state index in [-0.39, 0.29) is 10.0 Å². The Morgan fingerprint density at radius 1 is 1.42 bits per heavy atom. The molecule has 0 aromatic carbocycles. The lowest BCUT2D eigenvalue weighted by atomic mass is 10.3. The largest absolute Gasteiger partial charge is 0.244 e. The van der Waals surface area contributed by atoms with Crippen LogP contribution in [0, 0.1) is 0 Å². The predicted molar refractivity (Wildman–Crippen MR) is 45.5 cm³/mol. The maximum absolute atomic E-state index is 11.2. The van der Waals surface area contributed by atoms with Crippen molar-refractivity contribution < 1.29 is 8.42 Å². The highest BCUT2D eigenvalue weighted by Crippen LogP contribution is 2.30. The lowest BCUT2D eigenvalue weighted by molar-refractivity contribution is 0.605. The summed E-state index contributed by atoms with van der Waals surface area (Å²) in [6, 6.07) is 1.44. The van der Waals surface area contributed by atoms with Crippen LogP contribution in [0.3, 0.4) is 0 Å². The predicted octanol–water partition coefficient (Wildman–Crippen LogP) is 1.49. The second-order valence-electron chi connectivity index (χ2n) is 2.36. The summed E-state index contributed by atoms with van der Waals surface area (Å²) < 4.78 is 22.5. The molecule has 1 aliphatic heterocycles. The minimum Gasteiger partial charge on any atom is -0.244 e. The molecule has 2 rings (SSSR count). The van der Waals surface area contributed by atoms with Crippen LogP contribution < -0.4 is 0 Å². The van der Waals surface area contributed by atoms with E-state index >= 15 is 0 Å². The number of hydrogen-bond acceptors (Lipinski definition) is 3. The highest BCUT2D eigenvalue weighted by Gasteiger charge is 2.22. The Kier molecular flexibility index (Phi) is 1.49. The third kappa shape index (κ3) is 0.956. The minimum atomic E-state index is -3.23. The Labute approximate surface area is 74.6 Å². The molecule has 12 heavy (non-hydrogen) atoms. The summed E-state index contributed by atoms with van der Waals surface area (Å²) in [7, 11) is -3.23. The highest BCUT2D eigenvalue weighted by atomic mass is 35.5. The van der Waals surface area contributed by atoms with Gasteiger partial charge < -0.3 is 0 Å². The van der Waals surface area contributed by atoms with E-state index < -0.39 is 9.84 Å². The van der Waals surface area contributed by atoms with E-state index in [9.17, 15) is 8.42 Å². The number of pyridine rings is 1. The zero-order valence-corrected chi connectivity index (χ0v) is 7.43. The van der Waals surface area contributed by atoms with E-state index in [1.807, 2.05) is 0 Å². The van der Waals surface area contributed by atoms with Crippen molar-refractivity contribution in [3.8, 4) is 0 Å². The van der Waals surface area contributed by atoms with E-state index in [0.717, 1.165) is 5.41 Å². The Balaban J connectivity index is 2.86. The van der Waals surface area contributed by atoms with E-state index in [1.54, 1.807) is 0 Å². The van der Waals surface area contributed by atoms with Crippen molar-refractivity contribution in [3.05, 3.63) is 28.4 Å². The van der Waals surface area contributed by atoms with Crippen molar-refractivity contribution in [1.29, 1.82) is 0 Å². The first kappa shape index (κ1) is 7.76. The summed E-state index contributed by atoms with van der Waals surface area (Å²) in [6.45, 7) is 0. The number of nitrogens with zero attached hydrogens (tertiary/aromatic N) is 1. The monoisotopic (exact) mass is 201 g/mol. The van der Waals surface area contributed by atoms with E-state index in [4.69, 9.17) is 11.6 Å². The molecule has 5 heteroatoms. The van der Waals surface area contributed by atoms with Crippen molar-refractivity contribution in [3.63, 3.8) is 0 Å². The van der Waals surface area contributed by atoms with Gasteiger partial charge in [-0.2, -0.15) is 0 Å². The maximum atomic E-state index is 11.2. The molecule has 0 fully saturated rings. The molecule has 0 saturated carbocycles. The fourth-order valence-corrected chi connectivity index (χ4v) is 2.52. The van der Waals surface area contributed by atoms with Crippen molar-refractivity contribution in [1.82, 2.24) is 4.98 Å². The van der Waals surface area contributed by atoms with E-state index in [0.29, 0.717) is 5.56 Å². The molecule has 2 heterocycles. The highest BCUT2D eigenvalue weighted by molar-refractivity contribution is 7.94. The molecule has 0 saturated heterocycles. The topological polar surface area (TPSA) is 47.0 Å². The quantitative estimate of drug-likeness (QED) is 0.598. The fraction of sp³-hybridized carbons (Fsp3) is 0. The van der Waals surface area contributed by atoms with Gasteiger partial charge in [0.2, 0.25) is 9.84 Å². The summed E-state index contributed by atoms with van der Waals surface area (Å²) >= 11 is 5.67. The molecule has 0 aliphatic carbocycles. The first-order chi connectivity index (χ1) is 5.61. The second-order valence-corrected chi connectivity index (χ2v) is 4.52. The molecule has 1 aromatic heterocycles. The number of sulfone groups is 1. The molecule has 0 amide bonds. The second kappa shape index (κ2) is 2.31. The lowest BCUT2D eigenvalue weighted by Crippen LogP contribution is -1.93. The normalized spacial score (nSPS) is 17.8. The summed E-state index contributed by atoms with van der Waals surface area (Å²) in [5.41, 5.74) is 0.485.